The van der Waals surface area contributed by atoms with Gasteiger partial charge < -0.3 is 10.5 Å². The molecule has 0 aromatic heterocycles. The lowest BCUT2D eigenvalue weighted by atomic mass is 9.97. The van der Waals surface area contributed by atoms with Crippen LogP contribution in [-0.4, -0.2) is 26.7 Å². The smallest absolute Gasteiger partial charge is 0.270 e. The largest absolute Gasteiger partial charge is 0.410 e. The van der Waals surface area contributed by atoms with Crippen molar-refractivity contribution in [2.45, 2.75) is 13.0 Å². The number of amides is 1. The van der Waals surface area contributed by atoms with Crippen LogP contribution < -0.4 is 5.32 Å². The molecule has 2 N–H and O–H groups in total. The second kappa shape index (κ2) is 7.91. The van der Waals surface area contributed by atoms with Crippen molar-refractivity contribution in [3.05, 3.63) is 103 Å². The predicted molar refractivity (Wildman–Crippen MR) is 115 cm³/mol. The van der Waals surface area contributed by atoms with Crippen molar-refractivity contribution in [1.29, 1.82) is 0 Å². The molecule has 0 aliphatic heterocycles. The number of nitrogens with zero attached hydrogens (tertiary/aromatic N) is 3. The van der Waals surface area contributed by atoms with Crippen molar-refractivity contribution in [2.24, 2.45) is 5.16 Å². The summed E-state index contributed by atoms with van der Waals surface area (Å²) in [5, 5.41) is 38.3. The van der Waals surface area contributed by atoms with Crippen molar-refractivity contribution in [2.75, 3.05) is 0 Å². The maximum atomic E-state index is 13.2. The van der Waals surface area contributed by atoms with Crippen LogP contribution in [0.3, 0.4) is 0 Å². The standard InChI is InChI=1S/C22H16N4O6/c1-12(13-5-3-2-4-6-13)23-22(27)19-11-15(26(31)32)10-18-20(19)16-8-7-14(25(29)30)9-17(16)21(18)24-28/h2-12,28H,1H3,(H,23,27). The Kier molecular flexibility index (Phi) is 5.11. The first kappa shape index (κ1) is 20.7. The molecule has 1 aliphatic carbocycles. The number of benzene rings is 3. The Hall–Kier alpha value is -4.60. The highest BCUT2D eigenvalue weighted by Gasteiger charge is 2.34. The fourth-order valence-electron chi connectivity index (χ4n) is 3.80. The summed E-state index contributed by atoms with van der Waals surface area (Å²) in [4.78, 5) is 34.6. The first-order chi connectivity index (χ1) is 15.3. The summed E-state index contributed by atoms with van der Waals surface area (Å²) >= 11 is 0. The fraction of sp³-hybridized carbons (Fsp3) is 0.0909. The van der Waals surface area contributed by atoms with Gasteiger partial charge in [-0.25, -0.2) is 0 Å². The van der Waals surface area contributed by atoms with E-state index in [4.69, 9.17) is 0 Å². The summed E-state index contributed by atoms with van der Waals surface area (Å²) in [5.74, 6) is -0.565. The summed E-state index contributed by atoms with van der Waals surface area (Å²) in [6.07, 6.45) is 0. The van der Waals surface area contributed by atoms with E-state index in [-0.39, 0.29) is 39.8 Å². The number of carbonyl (C=O) groups excluding carboxylic acids is 1. The Morgan fingerprint density at radius 2 is 1.59 bits per heavy atom. The number of non-ortho nitro benzene ring substituents is 2. The van der Waals surface area contributed by atoms with E-state index in [0.717, 1.165) is 11.6 Å². The third-order valence-corrected chi connectivity index (χ3v) is 5.32. The zero-order valence-corrected chi connectivity index (χ0v) is 16.7. The SMILES string of the molecule is CC(NC(=O)c1cc([N+](=O)[O-])cc2c1-c1ccc([N+](=O)[O-])cc1C2=NO)c1ccccc1. The van der Waals surface area contributed by atoms with Crippen LogP contribution in [0.15, 0.2) is 65.8 Å². The zero-order valence-electron chi connectivity index (χ0n) is 16.7. The Labute approximate surface area is 181 Å². The highest BCUT2D eigenvalue weighted by Crippen LogP contribution is 2.42. The fourth-order valence-corrected chi connectivity index (χ4v) is 3.80. The highest BCUT2D eigenvalue weighted by molar-refractivity contribution is 6.27. The molecule has 3 aromatic carbocycles. The first-order valence-electron chi connectivity index (χ1n) is 9.51. The predicted octanol–water partition coefficient (Wildman–Crippen LogP) is 4.20. The molecule has 1 atom stereocenters. The van der Waals surface area contributed by atoms with Gasteiger partial charge in [-0.2, -0.15) is 0 Å². The van der Waals surface area contributed by atoms with Crippen LogP contribution in [-0.2, 0) is 0 Å². The number of oxime groups is 1. The number of nitrogens with one attached hydrogen (secondary N) is 1. The molecule has 10 heteroatoms. The van der Waals surface area contributed by atoms with Gasteiger partial charge in [0, 0.05) is 41.0 Å². The van der Waals surface area contributed by atoms with Crippen LogP contribution in [0.1, 0.15) is 40.0 Å². The number of hydrogen-bond donors (Lipinski definition) is 2. The normalized spacial score (nSPS) is 13.8. The highest BCUT2D eigenvalue weighted by atomic mass is 16.6. The Morgan fingerprint density at radius 1 is 0.938 bits per heavy atom. The van der Waals surface area contributed by atoms with Crippen LogP contribution in [0.2, 0.25) is 0 Å². The Morgan fingerprint density at radius 3 is 2.22 bits per heavy atom. The second-order valence-corrected chi connectivity index (χ2v) is 7.21. The quantitative estimate of drug-likeness (QED) is 0.274. The van der Waals surface area contributed by atoms with E-state index in [1.807, 2.05) is 30.3 Å². The van der Waals surface area contributed by atoms with E-state index in [0.29, 0.717) is 11.1 Å². The summed E-state index contributed by atoms with van der Waals surface area (Å²) in [6, 6.07) is 15.1. The van der Waals surface area contributed by atoms with Gasteiger partial charge in [0.15, 0.2) is 0 Å². The monoisotopic (exact) mass is 432 g/mol. The van der Waals surface area contributed by atoms with Crippen LogP contribution in [0.5, 0.6) is 0 Å². The molecular formula is C22H16N4O6. The summed E-state index contributed by atoms with van der Waals surface area (Å²) in [5.41, 5.74) is 1.24. The number of hydrogen-bond acceptors (Lipinski definition) is 7. The lowest BCUT2D eigenvalue weighted by Crippen LogP contribution is -2.27. The molecule has 0 bridgehead atoms. The molecule has 1 aliphatic rings. The van der Waals surface area contributed by atoms with E-state index < -0.39 is 15.8 Å². The molecule has 0 radical (unpaired) electrons. The number of rotatable bonds is 5. The van der Waals surface area contributed by atoms with Crippen molar-refractivity contribution in [1.82, 2.24) is 5.32 Å². The maximum absolute atomic E-state index is 13.2. The Balaban J connectivity index is 1.87. The lowest BCUT2D eigenvalue weighted by molar-refractivity contribution is -0.385. The summed E-state index contributed by atoms with van der Waals surface area (Å²) < 4.78 is 0. The van der Waals surface area contributed by atoms with E-state index in [9.17, 15) is 30.2 Å². The van der Waals surface area contributed by atoms with Gasteiger partial charge in [0.25, 0.3) is 17.3 Å². The molecule has 32 heavy (non-hydrogen) atoms. The molecule has 0 spiro atoms. The van der Waals surface area contributed by atoms with Gasteiger partial charge in [-0.15, -0.1) is 0 Å². The van der Waals surface area contributed by atoms with Gasteiger partial charge in [0.1, 0.15) is 5.71 Å². The van der Waals surface area contributed by atoms with E-state index in [1.54, 1.807) is 6.92 Å². The number of nitro benzene ring substituents is 2. The molecule has 3 aromatic rings. The van der Waals surface area contributed by atoms with Crippen molar-refractivity contribution in [3.8, 4) is 11.1 Å². The third-order valence-electron chi connectivity index (χ3n) is 5.32. The minimum Gasteiger partial charge on any atom is -0.410 e. The topological polar surface area (TPSA) is 148 Å². The molecular weight excluding hydrogens is 416 g/mol. The maximum Gasteiger partial charge on any atom is 0.270 e. The molecule has 4 rings (SSSR count). The molecule has 0 saturated carbocycles. The van der Waals surface area contributed by atoms with Crippen LogP contribution in [0.4, 0.5) is 11.4 Å². The van der Waals surface area contributed by atoms with E-state index >= 15 is 0 Å². The van der Waals surface area contributed by atoms with Gasteiger partial charge in [-0.05, 0) is 24.1 Å². The average Bonchev–Trinajstić information content (AvgIpc) is 3.11. The minimum absolute atomic E-state index is 0.00531. The zero-order chi connectivity index (χ0) is 23.0. The number of carbonyl (C=O) groups is 1. The average molecular weight is 432 g/mol. The van der Waals surface area contributed by atoms with Gasteiger partial charge in [-0.3, -0.25) is 25.0 Å². The third kappa shape index (κ3) is 3.43. The number of nitro groups is 2. The molecule has 1 unspecified atom stereocenters. The van der Waals surface area contributed by atoms with Crippen molar-refractivity contribution >= 4 is 23.0 Å². The lowest BCUT2D eigenvalue weighted by Gasteiger charge is -2.16. The Bertz CT molecular complexity index is 1300. The van der Waals surface area contributed by atoms with Gasteiger partial charge >= 0.3 is 0 Å². The minimum atomic E-state index is -0.655. The summed E-state index contributed by atoms with van der Waals surface area (Å²) in [7, 11) is 0. The van der Waals surface area contributed by atoms with Gasteiger partial charge in [0.2, 0.25) is 0 Å². The molecule has 0 heterocycles. The summed E-state index contributed by atoms with van der Waals surface area (Å²) in [6.45, 7) is 1.78. The molecule has 10 nitrogen and oxygen atoms in total. The first-order valence-corrected chi connectivity index (χ1v) is 9.51. The van der Waals surface area contributed by atoms with Crippen molar-refractivity contribution in [3.63, 3.8) is 0 Å². The molecule has 0 saturated heterocycles. The molecule has 0 fully saturated rings. The van der Waals surface area contributed by atoms with Crippen LogP contribution >= 0.6 is 0 Å². The van der Waals surface area contributed by atoms with Gasteiger partial charge in [-0.1, -0.05) is 35.5 Å². The number of fused-ring (bicyclic) bond motifs is 3. The van der Waals surface area contributed by atoms with Crippen LogP contribution in [0.25, 0.3) is 11.1 Å². The van der Waals surface area contributed by atoms with E-state index in [2.05, 4.69) is 10.5 Å². The van der Waals surface area contributed by atoms with Gasteiger partial charge in [0.05, 0.1) is 21.5 Å². The molecule has 160 valence electrons. The second-order valence-electron chi connectivity index (χ2n) is 7.21. The van der Waals surface area contributed by atoms with Crippen LogP contribution in [0, 0.1) is 20.2 Å². The van der Waals surface area contributed by atoms with Crippen molar-refractivity contribution < 1.29 is 19.8 Å². The molecule has 1 amide bonds. The van der Waals surface area contributed by atoms with E-state index in [1.165, 1.54) is 24.3 Å².